The van der Waals surface area contributed by atoms with E-state index < -0.39 is 0 Å². The molecular formula is C17H22ClFN2O. The van der Waals surface area contributed by atoms with Gasteiger partial charge in [-0.2, -0.15) is 0 Å². The molecule has 1 fully saturated rings. The minimum Gasteiger partial charge on any atom is -0.460 e. The first-order valence-electron chi connectivity index (χ1n) is 7.49. The zero-order valence-electron chi connectivity index (χ0n) is 12.7. The lowest BCUT2D eigenvalue weighted by molar-refractivity contribution is 0.176. The predicted molar refractivity (Wildman–Crippen MR) is 88.7 cm³/mol. The summed E-state index contributed by atoms with van der Waals surface area (Å²) in [7, 11) is 2.01. The van der Waals surface area contributed by atoms with E-state index in [2.05, 4.69) is 10.2 Å². The number of nitrogens with one attached hydrogen (secondary N) is 1. The molecule has 5 heteroatoms. The van der Waals surface area contributed by atoms with Crippen LogP contribution in [0.15, 0.2) is 40.8 Å². The average Bonchev–Trinajstić information content (AvgIpc) is 2.96. The number of benzene rings is 1. The molecule has 0 saturated carbocycles. The predicted octanol–water partition coefficient (Wildman–Crippen LogP) is 3.69. The van der Waals surface area contributed by atoms with Gasteiger partial charge >= 0.3 is 0 Å². The molecule has 0 bridgehead atoms. The SMILES string of the molecule is CNC1CCCN(Cc2ccc(-c3ccccc3F)o2)C1.Cl. The van der Waals surface area contributed by atoms with Gasteiger partial charge in [-0.3, -0.25) is 4.90 Å². The van der Waals surface area contributed by atoms with Crippen molar-refractivity contribution in [3.8, 4) is 11.3 Å². The van der Waals surface area contributed by atoms with Gasteiger partial charge in [0.1, 0.15) is 17.3 Å². The van der Waals surface area contributed by atoms with Crippen LogP contribution < -0.4 is 5.32 Å². The van der Waals surface area contributed by atoms with Crippen molar-refractivity contribution in [2.24, 2.45) is 0 Å². The van der Waals surface area contributed by atoms with Crippen molar-refractivity contribution in [1.29, 1.82) is 0 Å². The summed E-state index contributed by atoms with van der Waals surface area (Å²) in [5.41, 5.74) is 0.524. The largest absolute Gasteiger partial charge is 0.460 e. The Labute approximate surface area is 136 Å². The second-order valence-electron chi connectivity index (χ2n) is 5.61. The molecule has 1 aliphatic rings. The Kier molecular flexibility index (Phi) is 6.00. The van der Waals surface area contributed by atoms with Crippen LogP contribution in [0, 0.1) is 5.82 Å². The normalized spacial score (nSPS) is 18.9. The van der Waals surface area contributed by atoms with Crippen LogP contribution in [0.25, 0.3) is 11.3 Å². The van der Waals surface area contributed by atoms with Crippen LogP contribution in [0.3, 0.4) is 0 Å². The maximum Gasteiger partial charge on any atom is 0.137 e. The average molecular weight is 325 g/mol. The van der Waals surface area contributed by atoms with Gasteiger partial charge in [0.05, 0.1) is 12.1 Å². The number of halogens is 2. The Bertz CT molecular complexity index is 602. The number of piperidine rings is 1. The van der Waals surface area contributed by atoms with Gasteiger partial charge in [-0.05, 0) is 50.7 Å². The summed E-state index contributed by atoms with van der Waals surface area (Å²) >= 11 is 0. The number of furan rings is 1. The van der Waals surface area contributed by atoms with E-state index in [4.69, 9.17) is 4.42 Å². The zero-order valence-corrected chi connectivity index (χ0v) is 13.5. The molecule has 1 aromatic heterocycles. The van der Waals surface area contributed by atoms with E-state index in [1.165, 1.54) is 18.9 Å². The topological polar surface area (TPSA) is 28.4 Å². The number of likely N-dealkylation sites (N-methyl/N-ethyl adjacent to an activating group) is 1. The first-order chi connectivity index (χ1) is 10.3. The van der Waals surface area contributed by atoms with E-state index in [1.807, 2.05) is 25.2 Å². The van der Waals surface area contributed by atoms with Gasteiger partial charge in [0, 0.05) is 12.6 Å². The monoisotopic (exact) mass is 324 g/mol. The van der Waals surface area contributed by atoms with Crippen molar-refractivity contribution in [2.45, 2.75) is 25.4 Å². The Morgan fingerprint density at radius 2 is 2.09 bits per heavy atom. The Morgan fingerprint density at radius 3 is 2.86 bits per heavy atom. The quantitative estimate of drug-likeness (QED) is 0.929. The highest BCUT2D eigenvalue weighted by molar-refractivity contribution is 5.85. The van der Waals surface area contributed by atoms with E-state index >= 15 is 0 Å². The third-order valence-corrected chi connectivity index (χ3v) is 4.09. The van der Waals surface area contributed by atoms with Crippen LogP contribution in [0.4, 0.5) is 4.39 Å². The highest BCUT2D eigenvalue weighted by atomic mass is 35.5. The number of rotatable bonds is 4. The molecule has 1 atom stereocenters. The summed E-state index contributed by atoms with van der Waals surface area (Å²) in [6, 6.07) is 11.1. The summed E-state index contributed by atoms with van der Waals surface area (Å²) in [6.07, 6.45) is 2.43. The minimum atomic E-state index is -0.244. The van der Waals surface area contributed by atoms with Crippen LogP contribution in [-0.4, -0.2) is 31.1 Å². The van der Waals surface area contributed by atoms with Crippen LogP contribution in [0.5, 0.6) is 0 Å². The molecule has 3 rings (SSSR count). The van der Waals surface area contributed by atoms with Crippen molar-refractivity contribution in [1.82, 2.24) is 10.2 Å². The summed E-state index contributed by atoms with van der Waals surface area (Å²) in [4.78, 5) is 2.38. The Hall–Kier alpha value is -1.36. The van der Waals surface area contributed by atoms with Crippen LogP contribution in [0.1, 0.15) is 18.6 Å². The van der Waals surface area contributed by atoms with Crippen LogP contribution in [0.2, 0.25) is 0 Å². The molecule has 1 unspecified atom stereocenters. The molecular weight excluding hydrogens is 303 g/mol. The summed E-state index contributed by atoms with van der Waals surface area (Å²) in [6.45, 7) is 2.91. The van der Waals surface area contributed by atoms with E-state index in [0.717, 1.165) is 25.4 Å². The second kappa shape index (κ2) is 7.77. The lowest BCUT2D eigenvalue weighted by Gasteiger charge is -2.31. The molecule has 120 valence electrons. The lowest BCUT2D eigenvalue weighted by atomic mass is 10.1. The van der Waals surface area contributed by atoms with Crippen molar-refractivity contribution >= 4 is 12.4 Å². The fourth-order valence-electron chi connectivity index (χ4n) is 2.92. The van der Waals surface area contributed by atoms with Crippen LogP contribution in [-0.2, 0) is 6.54 Å². The molecule has 0 aliphatic carbocycles. The van der Waals surface area contributed by atoms with Crippen molar-refractivity contribution < 1.29 is 8.81 Å². The fraction of sp³-hybridized carbons (Fsp3) is 0.412. The van der Waals surface area contributed by atoms with Gasteiger partial charge < -0.3 is 9.73 Å². The maximum atomic E-state index is 13.8. The van der Waals surface area contributed by atoms with Crippen molar-refractivity contribution in [3.05, 3.63) is 48.0 Å². The lowest BCUT2D eigenvalue weighted by Crippen LogP contribution is -2.43. The third-order valence-electron chi connectivity index (χ3n) is 4.09. The number of nitrogens with zero attached hydrogens (tertiary/aromatic N) is 1. The first kappa shape index (κ1) is 17.0. The summed E-state index contributed by atoms with van der Waals surface area (Å²) < 4.78 is 19.6. The molecule has 0 spiro atoms. The molecule has 1 saturated heterocycles. The van der Waals surface area contributed by atoms with Gasteiger partial charge in [-0.25, -0.2) is 4.39 Å². The molecule has 22 heavy (non-hydrogen) atoms. The molecule has 1 aromatic carbocycles. The van der Waals surface area contributed by atoms with E-state index in [-0.39, 0.29) is 18.2 Å². The highest BCUT2D eigenvalue weighted by Crippen LogP contribution is 2.25. The van der Waals surface area contributed by atoms with E-state index in [0.29, 0.717) is 17.4 Å². The number of hydrogen-bond acceptors (Lipinski definition) is 3. The molecule has 0 radical (unpaired) electrons. The highest BCUT2D eigenvalue weighted by Gasteiger charge is 2.19. The van der Waals surface area contributed by atoms with E-state index in [1.54, 1.807) is 12.1 Å². The van der Waals surface area contributed by atoms with Gasteiger partial charge in [0.25, 0.3) is 0 Å². The summed E-state index contributed by atoms with van der Waals surface area (Å²) in [5, 5.41) is 3.34. The van der Waals surface area contributed by atoms with Crippen LogP contribution >= 0.6 is 12.4 Å². The van der Waals surface area contributed by atoms with Gasteiger partial charge in [0.15, 0.2) is 0 Å². The molecule has 2 aromatic rings. The maximum absolute atomic E-state index is 13.8. The molecule has 1 N–H and O–H groups in total. The first-order valence-corrected chi connectivity index (χ1v) is 7.49. The van der Waals surface area contributed by atoms with Gasteiger partial charge in [0.2, 0.25) is 0 Å². The standard InChI is InChI=1S/C17H21FN2O.ClH/c1-19-13-5-4-10-20(11-13)12-14-8-9-17(21-14)15-6-2-3-7-16(15)18;/h2-3,6-9,13,19H,4-5,10-12H2,1H3;1H. The third kappa shape index (κ3) is 3.88. The van der Waals surface area contributed by atoms with Gasteiger partial charge in [-0.1, -0.05) is 12.1 Å². The summed E-state index contributed by atoms with van der Waals surface area (Å²) in [5.74, 6) is 1.25. The van der Waals surface area contributed by atoms with Crippen molar-refractivity contribution in [3.63, 3.8) is 0 Å². The van der Waals surface area contributed by atoms with Gasteiger partial charge in [-0.15, -0.1) is 12.4 Å². The number of hydrogen-bond donors (Lipinski definition) is 1. The minimum absolute atomic E-state index is 0. The smallest absolute Gasteiger partial charge is 0.137 e. The van der Waals surface area contributed by atoms with Crippen molar-refractivity contribution in [2.75, 3.05) is 20.1 Å². The van der Waals surface area contributed by atoms with E-state index in [9.17, 15) is 4.39 Å². The molecule has 0 amide bonds. The Morgan fingerprint density at radius 1 is 1.27 bits per heavy atom. The molecule has 3 nitrogen and oxygen atoms in total. The zero-order chi connectivity index (χ0) is 14.7. The molecule has 2 heterocycles. The molecule has 1 aliphatic heterocycles. The number of likely N-dealkylation sites (tertiary alicyclic amines) is 1. The Balaban J connectivity index is 0.00000176. The second-order valence-corrected chi connectivity index (χ2v) is 5.61. The fourth-order valence-corrected chi connectivity index (χ4v) is 2.92.